The lowest BCUT2D eigenvalue weighted by Gasteiger charge is -2.31. The fourth-order valence-corrected chi connectivity index (χ4v) is 4.90. The number of fused-ring (bicyclic) bond motifs is 2. The van der Waals surface area contributed by atoms with Gasteiger partial charge in [-0.05, 0) is 11.4 Å². The molecule has 0 aliphatic carbocycles. The Bertz CT molecular complexity index is 1210. The molecule has 0 spiro atoms. The van der Waals surface area contributed by atoms with Crippen molar-refractivity contribution >= 4 is 32.4 Å². The molecule has 0 unspecified atom stereocenters. The Morgan fingerprint density at radius 2 is 1.78 bits per heavy atom. The molecule has 140 valence electrons. The second-order valence-electron chi connectivity index (χ2n) is 5.27. The van der Waals surface area contributed by atoms with E-state index >= 15 is 0 Å². The van der Waals surface area contributed by atoms with E-state index in [9.17, 15) is 31.2 Å². The summed E-state index contributed by atoms with van der Waals surface area (Å²) in [7, 11) is -4.28. The van der Waals surface area contributed by atoms with Crippen LogP contribution in [0.3, 0.4) is 0 Å². The van der Waals surface area contributed by atoms with E-state index in [1.807, 2.05) is 0 Å². The van der Waals surface area contributed by atoms with E-state index in [-0.39, 0.29) is 15.2 Å². The van der Waals surface area contributed by atoms with Crippen LogP contribution in [0.4, 0.5) is 17.6 Å². The molecule has 0 amide bonds. The highest BCUT2D eigenvalue weighted by atomic mass is 32.2. The number of aromatic nitrogens is 2. The topological polar surface area (TPSA) is 94.2 Å². The largest absolute Gasteiger partial charge is 0.507 e. The molecule has 1 aliphatic rings. The number of hydrogen-bond donors (Lipinski definition) is 0. The highest BCUT2D eigenvalue weighted by molar-refractivity contribution is 7.92. The standard InChI is InChI=1S/C14H5F4N3O4S2/c15-13(16)14(17,18)25-10-5-8-7(4-9(10)24-13)20-11(6-19)21(8)27(22,23)12-2-1-3-26-12/h1-5H. The first-order valence-corrected chi connectivity index (χ1v) is 9.28. The summed E-state index contributed by atoms with van der Waals surface area (Å²) >= 11 is 0.863. The zero-order chi connectivity index (χ0) is 19.6. The Balaban J connectivity index is 1.99. The summed E-state index contributed by atoms with van der Waals surface area (Å²) in [5.74, 6) is -2.16. The molecule has 1 aromatic carbocycles. The van der Waals surface area contributed by atoms with Crippen LogP contribution in [0.1, 0.15) is 5.82 Å². The maximum Gasteiger partial charge on any atom is 0.507 e. The van der Waals surface area contributed by atoms with Gasteiger partial charge in [-0.1, -0.05) is 6.07 Å². The van der Waals surface area contributed by atoms with Crippen molar-refractivity contribution in [3.63, 3.8) is 0 Å². The minimum absolute atomic E-state index is 0.134. The van der Waals surface area contributed by atoms with Gasteiger partial charge in [0, 0.05) is 12.1 Å². The molecule has 0 N–H and O–H groups in total. The second kappa shape index (κ2) is 5.33. The van der Waals surface area contributed by atoms with Crippen molar-refractivity contribution in [2.75, 3.05) is 0 Å². The van der Waals surface area contributed by atoms with Gasteiger partial charge in [-0.3, -0.25) is 0 Å². The molecule has 3 heterocycles. The van der Waals surface area contributed by atoms with Crippen LogP contribution >= 0.6 is 11.3 Å². The Kier molecular flexibility index (Phi) is 3.47. The lowest BCUT2D eigenvalue weighted by molar-refractivity contribution is -0.391. The molecule has 0 atom stereocenters. The predicted molar refractivity (Wildman–Crippen MR) is 82.5 cm³/mol. The number of benzene rings is 1. The number of nitrogens with zero attached hydrogens (tertiary/aromatic N) is 3. The Labute approximate surface area is 152 Å². The van der Waals surface area contributed by atoms with Crippen molar-refractivity contribution in [1.29, 1.82) is 5.26 Å². The third-order valence-corrected chi connectivity index (χ3v) is 6.66. The van der Waals surface area contributed by atoms with E-state index in [0.29, 0.717) is 3.97 Å². The molecule has 4 rings (SSSR count). The first kappa shape index (κ1) is 17.6. The lowest BCUT2D eigenvalue weighted by Crippen LogP contribution is -2.52. The Morgan fingerprint density at radius 1 is 1.15 bits per heavy atom. The minimum atomic E-state index is -4.97. The number of alkyl halides is 4. The molecule has 0 fully saturated rings. The van der Waals surface area contributed by atoms with E-state index in [1.165, 1.54) is 17.5 Å². The van der Waals surface area contributed by atoms with Gasteiger partial charge in [0.25, 0.3) is 10.0 Å². The van der Waals surface area contributed by atoms with Gasteiger partial charge < -0.3 is 9.47 Å². The van der Waals surface area contributed by atoms with Crippen molar-refractivity contribution in [2.45, 2.75) is 16.4 Å². The summed E-state index contributed by atoms with van der Waals surface area (Å²) in [5.41, 5.74) is -0.529. The van der Waals surface area contributed by atoms with Gasteiger partial charge >= 0.3 is 12.2 Å². The van der Waals surface area contributed by atoms with Crippen LogP contribution in [0.5, 0.6) is 11.5 Å². The summed E-state index contributed by atoms with van der Waals surface area (Å²) < 4.78 is 87.4. The number of nitriles is 1. The highest BCUT2D eigenvalue weighted by Gasteiger charge is 2.66. The number of imidazole rings is 1. The van der Waals surface area contributed by atoms with Gasteiger partial charge in [-0.15, -0.1) is 11.3 Å². The molecule has 13 heteroatoms. The third kappa shape index (κ3) is 2.44. The summed E-state index contributed by atoms with van der Waals surface area (Å²) in [4.78, 5) is 3.76. The zero-order valence-corrected chi connectivity index (χ0v) is 14.3. The van der Waals surface area contributed by atoms with Gasteiger partial charge in [0.1, 0.15) is 10.3 Å². The normalized spacial score (nSPS) is 17.6. The van der Waals surface area contributed by atoms with Gasteiger partial charge in [-0.25, -0.2) is 8.96 Å². The Morgan fingerprint density at radius 3 is 2.33 bits per heavy atom. The van der Waals surface area contributed by atoms with Gasteiger partial charge in [0.05, 0.1) is 11.0 Å². The molecule has 27 heavy (non-hydrogen) atoms. The molecule has 0 saturated heterocycles. The SMILES string of the molecule is N#Cc1nc2cc3c(cc2n1S(=O)(=O)c1cccs1)OC(F)(F)C(F)(F)O3. The van der Waals surface area contributed by atoms with Crippen molar-refractivity contribution in [2.24, 2.45) is 0 Å². The van der Waals surface area contributed by atoms with E-state index in [1.54, 1.807) is 6.07 Å². The van der Waals surface area contributed by atoms with Crippen molar-refractivity contribution in [3.8, 4) is 17.6 Å². The fourth-order valence-electron chi connectivity index (χ4n) is 2.43. The summed E-state index contributed by atoms with van der Waals surface area (Å²) in [6.45, 7) is 0. The van der Waals surface area contributed by atoms with Crippen LogP contribution in [-0.2, 0) is 10.0 Å². The smallest absolute Gasteiger partial charge is 0.421 e. The van der Waals surface area contributed by atoms with E-state index < -0.39 is 39.6 Å². The van der Waals surface area contributed by atoms with E-state index in [2.05, 4.69) is 14.5 Å². The number of hydrogen-bond acceptors (Lipinski definition) is 7. The molecular formula is C14H5F4N3O4S2. The molecule has 1 aliphatic heterocycles. The van der Waals surface area contributed by atoms with Crippen molar-refractivity contribution in [3.05, 3.63) is 35.5 Å². The van der Waals surface area contributed by atoms with Crippen LogP contribution in [0, 0.1) is 11.3 Å². The molecular weight excluding hydrogens is 414 g/mol. The lowest BCUT2D eigenvalue weighted by atomic mass is 10.2. The van der Waals surface area contributed by atoms with Crippen molar-refractivity contribution < 1.29 is 35.5 Å². The molecule has 3 aromatic rings. The summed E-state index contributed by atoms with van der Waals surface area (Å²) in [6, 6.07) is 5.87. The van der Waals surface area contributed by atoms with Crippen LogP contribution in [-0.4, -0.2) is 29.6 Å². The molecule has 2 aromatic heterocycles. The number of ether oxygens (including phenoxy) is 2. The average Bonchev–Trinajstić information content (AvgIpc) is 3.20. The van der Waals surface area contributed by atoms with E-state index in [4.69, 9.17) is 0 Å². The van der Waals surface area contributed by atoms with Crippen LogP contribution < -0.4 is 9.47 Å². The van der Waals surface area contributed by atoms with Gasteiger partial charge in [0.2, 0.25) is 5.82 Å². The first-order chi connectivity index (χ1) is 12.6. The predicted octanol–water partition coefficient (Wildman–Crippen LogP) is 3.16. The van der Waals surface area contributed by atoms with Crippen LogP contribution in [0.25, 0.3) is 11.0 Å². The maximum atomic E-state index is 13.4. The highest BCUT2D eigenvalue weighted by Crippen LogP contribution is 2.48. The Hall–Kier alpha value is -2.85. The summed E-state index contributed by atoms with van der Waals surface area (Å²) in [6.07, 6.45) is -9.90. The molecule has 7 nitrogen and oxygen atoms in total. The number of thiophene rings is 1. The molecule has 0 bridgehead atoms. The number of halogens is 4. The molecule has 0 saturated carbocycles. The van der Waals surface area contributed by atoms with E-state index in [0.717, 1.165) is 23.5 Å². The molecule has 0 radical (unpaired) electrons. The fraction of sp³-hybridized carbons (Fsp3) is 0.143. The second-order valence-corrected chi connectivity index (χ2v) is 8.24. The van der Waals surface area contributed by atoms with Gasteiger partial charge in [-0.2, -0.15) is 31.2 Å². The monoisotopic (exact) mass is 419 g/mol. The zero-order valence-electron chi connectivity index (χ0n) is 12.7. The minimum Gasteiger partial charge on any atom is -0.421 e. The quantitative estimate of drug-likeness (QED) is 0.593. The first-order valence-electron chi connectivity index (χ1n) is 6.96. The van der Waals surface area contributed by atoms with Gasteiger partial charge in [0.15, 0.2) is 11.5 Å². The van der Waals surface area contributed by atoms with Crippen LogP contribution in [0.2, 0.25) is 0 Å². The van der Waals surface area contributed by atoms with Crippen molar-refractivity contribution in [1.82, 2.24) is 8.96 Å². The third-order valence-electron chi connectivity index (χ3n) is 3.58. The number of rotatable bonds is 2. The van der Waals surface area contributed by atoms with Crippen LogP contribution in [0.15, 0.2) is 33.9 Å². The maximum absolute atomic E-state index is 13.4. The average molecular weight is 419 g/mol. The summed E-state index contributed by atoms with van der Waals surface area (Å²) in [5, 5.41) is 10.7.